The maximum Gasteiger partial charge on any atom is 0.410 e. The van der Waals surface area contributed by atoms with Crippen molar-refractivity contribution >= 4 is 6.09 Å². The van der Waals surface area contributed by atoms with E-state index in [0.29, 0.717) is 18.4 Å². The SMILES string of the molecule is CC(C)CCN(C(=O)OC(C)(C)C)[C@H](CO)CCC[C@@H](N)C1CC1. The fourth-order valence-electron chi connectivity index (χ4n) is 2.84. The van der Waals surface area contributed by atoms with E-state index in [1.807, 2.05) is 20.8 Å². The van der Waals surface area contributed by atoms with Crippen molar-refractivity contribution in [3.63, 3.8) is 0 Å². The Morgan fingerprint density at radius 2 is 1.88 bits per heavy atom. The van der Waals surface area contributed by atoms with Gasteiger partial charge >= 0.3 is 6.09 Å². The molecule has 2 atom stereocenters. The molecule has 0 aromatic carbocycles. The number of aliphatic hydroxyl groups is 1. The molecule has 1 rings (SSSR count). The number of aliphatic hydroxyl groups excluding tert-OH is 1. The van der Waals surface area contributed by atoms with Crippen LogP contribution in [0.1, 0.15) is 73.1 Å². The summed E-state index contributed by atoms with van der Waals surface area (Å²) >= 11 is 0. The molecule has 24 heavy (non-hydrogen) atoms. The van der Waals surface area contributed by atoms with Crippen LogP contribution in [0.3, 0.4) is 0 Å². The molecular formula is C19H38N2O3. The Morgan fingerprint density at radius 1 is 1.25 bits per heavy atom. The number of ether oxygens (including phenoxy) is 1. The highest BCUT2D eigenvalue weighted by Gasteiger charge is 2.30. The lowest BCUT2D eigenvalue weighted by atomic mass is 10.0. The fourth-order valence-corrected chi connectivity index (χ4v) is 2.84. The molecule has 5 heteroatoms. The number of amides is 1. The molecule has 3 N–H and O–H groups in total. The average Bonchev–Trinajstić information content (AvgIpc) is 3.27. The van der Waals surface area contributed by atoms with E-state index < -0.39 is 5.60 Å². The first-order valence-corrected chi connectivity index (χ1v) is 9.50. The van der Waals surface area contributed by atoms with Gasteiger partial charge in [0.1, 0.15) is 5.60 Å². The largest absolute Gasteiger partial charge is 0.444 e. The van der Waals surface area contributed by atoms with Crippen LogP contribution in [0, 0.1) is 11.8 Å². The fraction of sp³-hybridized carbons (Fsp3) is 0.947. The van der Waals surface area contributed by atoms with E-state index in [0.717, 1.165) is 25.7 Å². The molecule has 0 bridgehead atoms. The third-order valence-electron chi connectivity index (χ3n) is 4.53. The van der Waals surface area contributed by atoms with Gasteiger partial charge in [-0.05, 0) is 71.1 Å². The average molecular weight is 343 g/mol. The topological polar surface area (TPSA) is 75.8 Å². The molecule has 0 spiro atoms. The van der Waals surface area contributed by atoms with Gasteiger partial charge in [-0.1, -0.05) is 13.8 Å². The summed E-state index contributed by atoms with van der Waals surface area (Å²) in [6.45, 7) is 10.5. The molecule has 1 amide bonds. The summed E-state index contributed by atoms with van der Waals surface area (Å²) in [7, 11) is 0. The van der Waals surface area contributed by atoms with Crippen molar-refractivity contribution in [1.29, 1.82) is 0 Å². The van der Waals surface area contributed by atoms with Gasteiger partial charge < -0.3 is 20.5 Å². The van der Waals surface area contributed by atoms with Crippen LogP contribution in [0.5, 0.6) is 0 Å². The van der Waals surface area contributed by atoms with Gasteiger partial charge in [0.15, 0.2) is 0 Å². The minimum absolute atomic E-state index is 0.0317. The minimum atomic E-state index is -0.526. The molecule has 0 aliphatic heterocycles. The highest BCUT2D eigenvalue weighted by molar-refractivity contribution is 5.68. The second-order valence-corrected chi connectivity index (χ2v) is 8.62. The Labute approximate surface area is 147 Å². The van der Waals surface area contributed by atoms with Crippen molar-refractivity contribution in [2.24, 2.45) is 17.6 Å². The van der Waals surface area contributed by atoms with E-state index in [1.54, 1.807) is 4.90 Å². The van der Waals surface area contributed by atoms with Gasteiger partial charge in [-0.3, -0.25) is 0 Å². The first-order chi connectivity index (χ1) is 11.1. The van der Waals surface area contributed by atoms with E-state index in [4.69, 9.17) is 10.5 Å². The predicted octanol–water partition coefficient (Wildman–Crippen LogP) is 3.54. The van der Waals surface area contributed by atoms with Crippen LogP contribution in [0.25, 0.3) is 0 Å². The van der Waals surface area contributed by atoms with Crippen LogP contribution in [0.4, 0.5) is 4.79 Å². The van der Waals surface area contributed by atoms with Crippen LogP contribution < -0.4 is 5.73 Å². The molecule has 5 nitrogen and oxygen atoms in total. The van der Waals surface area contributed by atoms with Crippen LogP contribution in [-0.2, 0) is 4.74 Å². The highest BCUT2D eigenvalue weighted by Crippen LogP contribution is 2.33. The zero-order chi connectivity index (χ0) is 18.3. The van der Waals surface area contributed by atoms with Crippen molar-refractivity contribution in [3.8, 4) is 0 Å². The van der Waals surface area contributed by atoms with Gasteiger partial charge in [-0.2, -0.15) is 0 Å². The molecule has 0 aromatic heterocycles. The summed E-state index contributed by atoms with van der Waals surface area (Å²) in [4.78, 5) is 14.3. The smallest absolute Gasteiger partial charge is 0.410 e. The van der Waals surface area contributed by atoms with Crippen LogP contribution in [0.2, 0.25) is 0 Å². The van der Waals surface area contributed by atoms with Gasteiger partial charge in [-0.25, -0.2) is 4.79 Å². The zero-order valence-corrected chi connectivity index (χ0v) is 16.3. The van der Waals surface area contributed by atoms with Gasteiger partial charge in [0, 0.05) is 12.6 Å². The summed E-state index contributed by atoms with van der Waals surface area (Å²) in [6.07, 6.45) is 5.75. The van der Waals surface area contributed by atoms with Crippen molar-refractivity contribution in [3.05, 3.63) is 0 Å². The Balaban J connectivity index is 2.59. The van der Waals surface area contributed by atoms with Crippen LogP contribution in [-0.4, -0.2) is 46.9 Å². The highest BCUT2D eigenvalue weighted by atomic mass is 16.6. The van der Waals surface area contributed by atoms with Gasteiger partial charge in [0.25, 0.3) is 0 Å². The maximum absolute atomic E-state index is 12.6. The zero-order valence-electron chi connectivity index (χ0n) is 16.3. The minimum Gasteiger partial charge on any atom is -0.444 e. The molecule has 0 aromatic rings. The molecular weight excluding hydrogens is 304 g/mol. The second kappa shape index (κ2) is 9.62. The summed E-state index contributed by atoms with van der Waals surface area (Å²) in [5.74, 6) is 1.19. The number of hydrogen-bond donors (Lipinski definition) is 2. The number of hydrogen-bond acceptors (Lipinski definition) is 4. The molecule has 142 valence electrons. The second-order valence-electron chi connectivity index (χ2n) is 8.62. The molecule has 1 aliphatic carbocycles. The first-order valence-electron chi connectivity index (χ1n) is 9.50. The van der Waals surface area contributed by atoms with Crippen molar-refractivity contribution in [2.75, 3.05) is 13.2 Å². The molecule has 0 radical (unpaired) electrons. The molecule has 0 saturated heterocycles. The van der Waals surface area contributed by atoms with Gasteiger partial charge in [0.2, 0.25) is 0 Å². The van der Waals surface area contributed by atoms with E-state index in [2.05, 4.69) is 13.8 Å². The standard InChI is InChI=1S/C19H38N2O3/c1-14(2)11-12-21(18(23)24-19(3,4)5)16(13-22)7-6-8-17(20)15-9-10-15/h14-17,22H,6-13,20H2,1-5H3/t16-,17+/m0/s1. The van der Waals surface area contributed by atoms with Crippen LogP contribution >= 0.6 is 0 Å². The summed E-state index contributed by atoms with van der Waals surface area (Å²) in [5.41, 5.74) is 5.63. The normalized spacial score (nSPS) is 17.7. The molecule has 0 heterocycles. The summed E-state index contributed by atoms with van der Waals surface area (Å²) in [6, 6.07) is 0.0833. The van der Waals surface area contributed by atoms with Gasteiger partial charge in [-0.15, -0.1) is 0 Å². The molecule has 0 unspecified atom stereocenters. The maximum atomic E-state index is 12.6. The quantitative estimate of drug-likeness (QED) is 0.637. The third kappa shape index (κ3) is 8.34. The van der Waals surface area contributed by atoms with Crippen molar-refractivity contribution < 1.29 is 14.6 Å². The summed E-state index contributed by atoms with van der Waals surface area (Å²) in [5, 5.41) is 9.81. The molecule has 1 aliphatic rings. The Kier molecular flexibility index (Phi) is 8.51. The molecule has 1 saturated carbocycles. The number of rotatable bonds is 10. The lowest BCUT2D eigenvalue weighted by Gasteiger charge is -2.33. The van der Waals surface area contributed by atoms with Crippen molar-refractivity contribution in [2.45, 2.75) is 90.8 Å². The predicted molar refractivity (Wildman–Crippen MR) is 97.8 cm³/mol. The lowest BCUT2D eigenvalue weighted by Crippen LogP contribution is -2.46. The summed E-state index contributed by atoms with van der Waals surface area (Å²) < 4.78 is 5.54. The lowest BCUT2D eigenvalue weighted by molar-refractivity contribution is 0.00673. The van der Waals surface area contributed by atoms with Crippen LogP contribution in [0.15, 0.2) is 0 Å². The number of nitrogens with zero attached hydrogens (tertiary/aromatic N) is 1. The monoisotopic (exact) mass is 342 g/mol. The number of nitrogens with two attached hydrogens (primary N) is 1. The van der Waals surface area contributed by atoms with Gasteiger partial charge in [0.05, 0.1) is 12.6 Å². The Morgan fingerprint density at radius 3 is 2.33 bits per heavy atom. The number of carbonyl (C=O) groups excluding carboxylic acids is 1. The first kappa shape index (κ1) is 21.2. The number of carbonyl (C=O) groups is 1. The Bertz CT molecular complexity index is 375. The van der Waals surface area contributed by atoms with Crippen molar-refractivity contribution in [1.82, 2.24) is 4.90 Å². The Hall–Kier alpha value is -0.810. The van der Waals surface area contributed by atoms with E-state index in [-0.39, 0.29) is 24.8 Å². The third-order valence-corrected chi connectivity index (χ3v) is 4.53. The van der Waals surface area contributed by atoms with E-state index in [1.165, 1.54) is 12.8 Å². The van der Waals surface area contributed by atoms with E-state index >= 15 is 0 Å². The molecule has 1 fully saturated rings. The van der Waals surface area contributed by atoms with E-state index in [9.17, 15) is 9.90 Å².